The first kappa shape index (κ1) is 18.4. The lowest BCUT2D eigenvalue weighted by molar-refractivity contribution is -0.647. The molecular formula is C18H15ClN7O3+. The van der Waals surface area contributed by atoms with Crippen LogP contribution in [0.2, 0.25) is 5.02 Å². The van der Waals surface area contributed by atoms with Crippen LogP contribution in [-0.2, 0) is 11.3 Å². The highest BCUT2D eigenvalue weighted by Gasteiger charge is 2.27. The van der Waals surface area contributed by atoms with Gasteiger partial charge in [0.25, 0.3) is 5.91 Å². The minimum atomic E-state index is -0.409. The second-order valence-electron chi connectivity index (χ2n) is 6.07. The molecule has 1 amide bonds. The maximum Gasteiger partial charge on any atom is 0.314 e. The van der Waals surface area contributed by atoms with E-state index in [4.69, 9.17) is 17.3 Å². The summed E-state index contributed by atoms with van der Waals surface area (Å²) in [5, 5.41) is 21.5. The first-order valence-corrected chi connectivity index (χ1v) is 8.80. The van der Waals surface area contributed by atoms with Gasteiger partial charge < -0.3 is 10.8 Å². The van der Waals surface area contributed by atoms with Crippen molar-refractivity contribution < 1.29 is 19.1 Å². The molecule has 5 N–H and O–H groups in total. The normalized spacial score (nSPS) is 11.3. The van der Waals surface area contributed by atoms with E-state index in [0.717, 1.165) is 11.0 Å². The van der Waals surface area contributed by atoms with E-state index in [1.54, 1.807) is 10.6 Å². The average Bonchev–Trinajstić information content (AvgIpc) is 3.28. The summed E-state index contributed by atoms with van der Waals surface area (Å²) in [6.07, 6.45) is 1.31. The molecule has 0 unspecified atom stereocenters. The summed E-state index contributed by atoms with van der Waals surface area (Å²) < 4.78 is 6.36. The van der Waals surface area contributed by atoms with Crippen LogP contribution in [0.4, 0.5) is 5.82 Å². The van der Waals surface area contributed by atoms with Crippen LogP contribution in [0.15, 0.2) is 52.2 Å². The number of benzene rings is 2. The number of carbonyl (C=O) groups is 1. The Morgan fingerprint density at radius 1 is 1.34 bits per heavy atom. The Morgan fingerprint density at radius 2 is 2.17 bits per heavy atom. The standard InChI is InChI=1S/C18H14ClN7O3/c19-11-5-6-14(27)10(7-11)8-21-23-15(28)9-26-13-4-2-1-3-12(13)22-18(26)16-17(20)25-29-24-16/h1-8H,9H2,(H4,20,21,22,23,24,25,27,28)/p+1. The summed E-state index contributed by atoms with van der Waals surface area (Å²) in [7, 11) is 0. The SMILES string of the molecule is Nc1nonc1-c1[nH]c2ccccc2[n+]1CC(=O)NN=Cc1cc(Cl)ccc1O. The number of nitrogens with one attached hydrogen (secondary N) is 2. The van der Waals surface area contributed by atoms with E-state index in [-0.39, 0.29) is 18.1 Å². The molecule has 0 aliphatic rings. The van der Waals surface area contributed by atoms with E-state index in [0.29, 0.717) is 22.1 Å². The van der Waals surface area contributed by atoms with E-state index in [1.165, 1.54) is 18.3 Å². The van der Waals surface area contributed by atoms with Gasteiger partial charge in [0, 0.05) is 10.6 Å². The van der Waals surface area contributed by atoms with Gasteiger partial charge in [0.15, 0.2) is 17.6 Å². The largest absolute Gasteiger partial charge is 0.507 e. The summed E-state index contributed by atoms with van der Waals surface area (Å²) >= 11 is 5.89. The number of halogens is 1. The summed E-state index contributed by atoms with van der Waals surface area (Å²) in [6.45, 7) is -0.0789. The number of amides is 1. The molecule has 0 saturated heterocycles. The lowest BCUT2D eigenvalue weighted by Gasteiger charge is -2.01. The zero-order valence-electron chi connectivity index (χ0n) is 14.8. The van der Waals surface area contributed by atoms with Crippen molar-refractivity contribution >= 4 is 40.6 Å². The van der Waals surface area contributed by atoms with Crippen LogP contribution in [0, 0.1) is 0 Å². The fourth-order valence-corrected chi connectivity index (χ4v) is 3.00. The summed E-state index contributed by atoms with van der Waals surface area (Å²) in [4.78, 5) is 15.6. The van der Waals surface area contributed by atoms with Crippen LogP contribution in [0.5, 0.6) is 5.75 Å². The van der Waals surface area contributed by atoms with Crippen LogP contribution >= 0.6 is 11.6 Å². The number of aromatic amines is 1. The molecule has 0 radical (unpaired) electrons. The number of rotatable bonds is 5. The maximum absolute atomic E-state index is 12.5. The van der Waals surface area contributed by atoms with Crippen molar-refractivity contribution in [3.63, 3.8) is 0 Å². The van der Waals surface area contributed by atoms with Gasteiger partial charge in [-0.25, -0.2) is 19.6 Å². The van der Waals surface area contributed by atoms with Crippen LogP contribution in [0.25, 0.3) is 22.6 Å². The Morgan fingerprint density at radius 3 is 2.97 bits per heavy atom. The van der Waals surface area contributed by atoms with Crippen molar-refractivity contribution in [2.45, 2.75) is 6.54 Å². The number of nitrogens with zero attached hydrogens (tertiary/aromatic N) is 4. The topological polar surface area (TPSA) is 146 Å². The monoisotopic (exact) mass is 412 g/mol. The fraction of sp³-hybridized carbons (Fsp3) is 0.0556. The van der Waals surface area contributed by atoms with Gasteiger partial charge in [-0.05, 0) is 40.6 Å². The molecule has 4 rings (SSSR count). The number of para-hydroxylation sites is 2. The molecule has 0 saturated carbocycles. The van der Waals surface area contributed by atoms with Crippen LogP contribution < -0.4 is 15.7 Å². The maximum atomic E-state index is 12.5. The number of carbonyl (C=O) groups excluding carboxylic acids is 1. The third-order valence-electron chi connectivity index (χ3n) is 4.14. The molecule has 2 aromatic carbocycles. The molecule has 0 spiro atoms. The smallest absolute Gasteiger partial charge is 0.314 e. The number of aromatic nitrogens is 4. The number of phenolic OH excluding ortho intramolecular Hbond substituents is 1. The van der Waals surface area contributed by atoms with Gasteiger partial charge in [0.05, 0.1) is 6.21 Å². The molecule has 11 heteroatoms. The van der Waals surface area contributed by atoms with Gasteiger partial charge in [0.2, 0.25) is 11.5 Å². The molecule has 10 nitrogen and oxygen atoms in total. The number of anilines is 1. The van der Waals surface area contributed by atoms with E-state index in [9.17, 15) is 9.90 Å². The molecule has 0 aliphatic carbocycles. The minimum absolute atomic E-state index is 0.00491. The number of hydrazone groups is 1. The van der Waals surface area contributed by atoms with E-state index >= 15 is 0 Å². The third-order valence-corrected chi connectivity index (χ3v) is 4.38. The lowest BCUT2D eigenvalue weighted by atomic mass is 10.2. The van der Waals surface area contributed by atoms with Crippen molar-refractivity contribution in [3.8, 4) is 17.3 Å². The molecule has 2 aromatic heterocycles. The predicted octanol–water partition coefficient (Wildman–Crippen LogP) is 1.60. The molecule has 0 atom stereocenters. The zero-order valence-corrected chi connectivity index (χ0v) is 15.6. The molecule has 4 aromatic rings. The number of fused-ring (bicyclic) bond motifs is 1. The third kappa shape index (κ3) is 3.73. The van der Waals surface area contributed by atoms with Gasteiger partial charge in [-0.3, -0.25) is 4.79 Å². The average molecular weight is 413 g/mol. The Labute approximate surface area is 168 Å². The van der Waals surface area contributed by atoms with Crippen molar-refractivity contribution in [3.05, 3.63) is 53.1 Å². The fourth-order valence-electron chi connectivity index (χ4n) is 2.82. The first-order valence-electron chi connectivity index (χ1n) is 8.42. The number of aromatic hydroxyl groups is 1. The first-order chi connectivity index (χ1) is 14.0. The van der Waals surface area contributed by atoms with Gasteiger partial charge in [-0.2, -0.15) is 5.10 Å². The number of imidazole rings is 1. The molecule has 0 aliphatic heterocycles. The van der Waals surface area contributed by atoms with Crippen molar-refractivity contribution in [1.29, 1.82) is 0 Å². The van der Waals surface area contributed by atoms with Crippen molar-refractivity contribution in [2.24, 2.45) is 5.10 Å². The number of hydrogen-bond donors (Lipinski definition) is 4. The quantitative estimate of drug-likeness (QED) is 0.222. The van der Waals surface area contributed by atoms with Gasteiger partial charge in [0.1, 0.15) is 5.75 Å². The van der Waals surface area contributed by atoms with Crippen LogP contribution in [0.1, 0.15) is 5.56 Å². The Bertz CT molecular complexity index is 1230. The van der Waals surface area contributed by atoms with Crippen molar-refractivity contribution in [1.82, 2.24) is 20.7 Å². The van der Waals surface area contributed by atoms with Crippen LogP contribution in [0.3, 0.4) is 0 Å². The molecule has 0 bridgehead atoms. The molecule has 146 valence electrons. The van der Waals surface area contributed by atoms with E-state index in [1.807, 2.05) is 24.3 Å². The predicted molar refractivity (Wildman–Crippen MR) is 105 cm³/mol. The highest BCUT2D eigenvalue weighted by molar-refractivity contribution is 6.30. The zero-order chi connectivity index (χ0) is 20.4. The second kappa shape index (κ2) is 7.60. The van der Waals surface area contributed by atoms with Crippen LogP contribution in [-0.4, -0.2) is 32.5 Å². The van der Waals surface area contributed by atoms with E-state index < -0.39 is 5.91 Å². The summed E-state index contributed by atoms with van der Waals surface area (Å²) in [5.41, 5.74) is 10.4. The Hall–Kier alpha value is -3.92. The Kier molecular flexibility index (Phi) is 4.83. The Balaban J connectivity index is 1.59. The number of hydrogen-bond acceptors (Lipinski definition) is 7. The minimum Gasteiger partial charge on any atom is -0.507 e. The summed E-state index contributed by atoms with van der Waals surface area (Å²) in [5.74, 6) is 0.153. The molecule has 2 heterocycles. The number of nitrogens with two attached hydrogens (primary N) is 1. The molecule has 29 heavy (non-hydrogen) atoms. The number of phenols is 1. The molecular weight excluding hydrogens is 398 g/mol. The van der Waals surface area contributed by atoms with Gasteiger partial charge >= 0.3 is 5.82 Å². The number of nitrogen functional groups attached to an aromatic ring is 1. The summed E-state index contributed by atoms with van der Waals surface area (Å²) in [6, 6.07) is 11.9. The highest BCUT2D eigenvalue weighted by Crippen LogP contribution is 2.21. The van der Waals surface area contributed by atoms with Crippen molar-refractivity contribution in [2.75, 3.05) is 5.73 Å². The number of H-pyrrole nitrogens is 1. The highest BCUT2D eigenvalue weighted by atomic mass is 35.5. The van der Waals surface area contributed by atoms with E-state index in [2.05, 4.69) is 30.5 Å². The second-order valence-corrected chi connectivity index (χ2v) is 6.51. The van der Waals surface area contributed by atoms with Gasteiger partial charge in [-0.1, -0.05) is 23.7 Å². The lowest BCUT2D eigenvalue weighted by Crippen LogP contribution is -2.42. The molecule has 0 fully saturated rings. The van der Waals surface area contributed by atoms with Gasteiger partial charge in [-0.15, -0.1) is 0 Å².